The Labute approximate surface area is 108 Å². The average molecular weight is 251 g/mol. The number of rotatable bonds is 5. The van der Waals surface area contributed by atoms with E-state index in [1.807, 2.05) is 13.8 Å². The van der Waals surface area contributed by atoms with Crippen molar-refractivity contribution in [1.82, 2.24) is 5.32 Å². The SMILES string of the molecule is CCCC(C)(C)NC(=O)c1ccc(OC)cc1O. The Morgan fingerprint density at radius 2 is 2.11 bits per heavy atom. The van der Waals surface area contributed by atoms with Crippen molar-refractivity contribution in [2.24, 2.45) is 0 Å². The standard InChI is InChI=1S/C14H21NO3/c1-5-8-14(2,3)15-13(17)11-7-6-10(18-4)9-12(11)16/h6-7,9,16H,5,8H2,1-4H3,(H,15,17). The Bertz CT molecular complexity index is 427. The monoisotopic (exact) mass is 251 g/mol. The molecule has 100 valence electrons. The molecule has 4 heteroatoms. The highest BCUT2D eigenvalue weighted by atomic mass is 16.5. The molecule has 1 rings (SSSR count). The van der Waals surface area contributed by atoms with Crippen LogP contribution in [-0.2, 0) is 0 Å². The molecule has 0 spiro atoms. The van der Waals surface area contributed by atoms with Crippen LogP contribution in [0, 0.1) is 0 Å². The number of hydrogen-bond acceptors (Lipinski definition) is 3. The summed E-state index contributed by atoms with van der Waals surface area (Å²) in [4.78, 5) is 12.0. The molecule has 0 aliphatic rings. The van der Waals surface area contributed by atoms with Gasteiger partial charge in [-0.1, -0.05) is 13.3 Å². The van der Waals surface area contributed by atoms with Gasteiger partial charge in [0.05, 0.1) is 12.7 Å². The first kappa shape index (κ1) is 14.4. The van der Waals surface area contributed by atoms with Crippen LogP contribution in [0.4, 0.5) is 0 Å². The minimum Gasteiger partial charge on any atom is -0.507 e. The predicted molar refractivity (Wildman–Crippen MR) is 71.1 cm³/mol. The van der Waals surface area contributed by atoms with Gasteiger partial charge in [-0.2, -0.15) is 0 Å². The van der Waals surface area contributed by atoms with E-state index in [-0.39, 0.29) is 22.8 Å². The Kier molecular flexibility index (Phi) is 4.59. The van der Waals surface area contributed by atoms with Gasteiger partial charge in [-0.05, 0) is 32.4 Å². The molecule has 0 heterocycles. The summed E-state index contributed by atoms with van der Waals surface area (Å²) in [5, 5.41) is 12.7. The first-order valence-electron chi connectivity index (χ1n) is 6.09. The van der Waals surface area contributed by atoms with Crippen LogP contribution in [0.3, 0.4) is 0 Å². The van der Waals surface area contributed by atoms with Crippen molar-refractivity contribution in [3.05, 3.63) is 23.8 Å². The molecule has 0 atom stereocenters. The van der Waals surface area contributed by atoms with Crippen LogP contribution < -0.4 is 10.1 Å². The highest BCUT2D eigenvalue weighted by Crippen LogP contribution is 2.24. The third-order valence-electron chi connectivity index (χ3n) is 2.78. The third kappa shape index (κ3) is 3.65. The number of phenolic OH excluding ortho intramolecular Hbond substituents is 1. The summed E-state index contributed by atoms with van der Waals surface area (Å²) in [6.45, 7) is 6.00. The van der Waals surface area contributed by atoms with E-state index in [1.165, 1.54) is 13.2 Å². The van der Waals surface area contributed by atoms with E-state index < -0.39 is 0 Å². The van der Waals surface area contributed by atoms with Gasteiger partial charge in [0.2, 0.25) is 0 Å². The largest absolute Gasteiger partial charge is 0.507 e. The zero-order valence-corrected chi connectivity index (χ0v) is 11.4. The van der Waals surface area contributed by atoms with E-state index in [2.05, 4.69) is 12.2 Å². The highest BCUT2D eigenvalue weighted by molar-refractivity contribution is 5.97. The summed E-state index contributed by atoms with van der Waals surface area (Å²) >= 11 is 0. The summed E-state index contributed by atoms with van der Waals surface area (Å²) in [5.41, 5.74) is -0.0157. The van der Waals surface area contributed by atoms with E-state index in [0.29, 0.717) is 5.75 Å². The molecule has 18 heavy (non-hydrogen) atoms. The minimum absolute atomic E-state index is 0.0702. The maximum absolute atomic E-state index is 12.0. The lowest BCUT2D eigenvalue weighted by molar-refractivity contribution is 0.0906. The molecule has 0 radical (unpaired) electrons. The molecular weight excluding hydrogens is 230 g/mol. The summed E-state index contributed by atoms with van der Waals surface area (Å²) < 4.78 is 4.98. The normalized spacial score (nSPS) is 11.1. The minimum atomic E-state index is -0.280. The van der Waals surface area contributed by atoms with Gasteiger partial charge in [-0.15, -0.1) is 0 Å². The fourth-order valence-electron chi connectivity index (χ4n) is 1.89. The van der Waals surface area contributed by atoms with Gasteiger partial charge < -0.3 is 15.2 Å². The first-order chi connectivity index (χ1) is 8.39. The summed E-state index contributed by atoms with van der Waals surface area (Å²) in [6.07, 6.45) is 1.87. The fraction of sp³-hybridized carbons (Fsp3) is 0.500. The molecular formula is C14H21NO3. The van der Waals surface area contributed by atoms with Gasteiger partial charge in [0.1, 0.15) is 11.5 Å². The van der Waals surface area contributed by atoms with E-state index in [0.717, 1.165) is 12.8 Å². The van der Waals surface area contributed by atoms with E-state index >= 15 is 0 Å². The number of carbonyl (C=O) groups is 1. The Hall–Kier alpha value is -1.71. The average Bonchev–Trinajstić information content (AvgIpc) is 2.27. The lowest BCUT2D eigenvalue weighted by atomic mass is 9.98. The zero-order chi connectivity index (χ0) is 13.8. The molecule has 0 aliphatic carbocycles. The molecule has 4 nitrogen and oxygen atoms in total. The maximum atomic E-state index is 12.0. The Balaban J connectivity index is 2.85. The molecule has 0 saturated heterocycles. The van der Waals surface area contributed by atoms with Crippen LogP contribution in [0.5, 0.6) is 11.5 Å². The number of phenols is 1. The molecule has 1 aromatic carbocycles. The Morgan fingerprint density at radius 3 is 2.61 bits per heavy atom. The summed E-state index contributed by atoms with van der Waals surface area (Å²) in [5.74, 6) is 0.185. The maximum Gasteiger partial charge on any atom is 0.255 e. The Morgan fingerprint density at radius 1 is 1.44 bits per heavy atom. The molecule has 0 unspecified atom stereocenters. The number of methoxy groups -OCH3 is 1. The van der Waals surface area contributed by atoms with Gasteiger partial charge in [0.15, 0.2) is 0 Å². The molecule has 0 bridgehead atoms. The predicted octanol–water partition coefficient (Wildman–Crippen LogP) is 2.71. The van der Waals surface area contributed by atoms with Crippen molar-refractivity contribution in [2.75, 3.05) is 7.11 Å². The second kappa shape index (κ2) is 5.76. The summed E-state index contributed by atoms with van der Waals surface area (Å²) in [7, 11) is 1.51. The van der Waals surface area contributed by atoms with Crippen LogP contribution in [0.25, 0.3) is 0 Å². The van der Waals surface area contributed by atoms with Crippen molar-refractivity contribution < 1.29 is 14.6 Å². The van der Waals surface area contributed by atoms with Crippen molar-refractivity contribution >= 4 is 5.91 Å². The van der Waals surface area contributed by atoms with E-state index in [1.54, 1.807) is 12.1 Å². The van der Waals surface area contributed by atoms with Gasteiger partial charge in [0, 0.05) is 11.6 Å². The van der Waals surface area contributed by atoms with Gasteiger partial charge in [0.25, 0.3) is 5.91 Å². The van der Waals surface area contributed by atoms with Gasteiger partial charge in [-0.25, -0.2) is 0 Å². The second-order valence-corrected chi connectivity index (χ2v) is 4.97. The molecule has 0 fully saturated rings. The number of amides is 1. The molecule has 0 aliphatic heterocycles. The van der Waals surface area contributed by atoms with Crippen LogP contribution in [-0.4, -0.2) is 23.7 Å². The molecule has 1 aromatic rings. The topological polar surface area (TPSA) is 58.6 Å². The van der Waals surface area contributed by atoms with Gasteiger partial charge >= 0.3 is 0 Å². The van der Waals surface area contributed by atoms with Crippen LogP contribution >= 0.6 is 0 Å². The van der Waals surface area contributed by atoms with Gasteiger partial charge in [-0.3, -0.25) is 4.79 Å². The van der Waals surface area contributed by atoms with E-state index in [4.69, 9.17) is 4.74 Å². The number of hydrogen-bond donors (Lipinski definition) is 2. The van der Waals surface area contributed by atoms with E-state index in [9.17, 15) is 9.90 Å². The van der Waals surface area contributed by atoms with Crippen molar-refractivity contribution in [3.63, 3.8) is 0 Å². The third-order valence-corrected chi connectivity index (χ3v) is 2.78. The lowest BCUT2D eigenvalue weighted by Crippen LogP contribution is -2.43. The number of nitrogens with one attached hydrogen (secondary N) is 1. The quantitative estimate of drug-likeness (QED) is 0.846. The number of benzene rings is 1. The summed E-state index contributed by atoms with van der Waals surface area (Å²) in [6, 6.07) is 4.65. The van der Waals surface area contributed by atoms with Crippen molar-refractivity contribution in [1.29, 1.82) is 0 Å². The molecule has 1 amide bonds. The molecule has 2 N–H and O–H groups in total. The van der Waals surface area contributed by atoms with Crippen molar-refractivity contribution in [2.45, 2.75) is 39.2 Å². The molecule has 0 saturated carbocycles. The number of ether oxygens (including phenoxy) is 1. The first-order valence-corrected chi connectivity index (χ1v) is 6.09. The zero-order valence-electron chi connectivity index (χ0n) is 11.4. The van der Waals surface area contributed by atoms with Crippen LogP contribution in [0.2, 0.25) is 0 Å². The van der Waals surface area contributed by atoms with Crippen molar-refractivity contribution in [3.8, 4) is 11.5 Å². The van der Waals surface area contributed by atoms with Crippen LogP contribution in [0.1, 0.15) is 44.0 Å². The number of aromatic hydroxyl groups is 1. The second-order valence-electron chi connectivity index (χ2n) is 4.97. The fourth-order valence-corrected chi connectivity index (χ4v) is 1.89. The smallest absolute Gasteiger partial charge is 0.255 e. The molecule has 0 aromatic heterocycles. The highest BCUT2D eigenvalue weighted by Gasteiger charge is 2.21. The number of carbonyl (C=O) groups excluding carboxylic acids is 1. The lowest BCUT2D eigenvalue weighted by Gasteiger charge is -2.26. The van der Waals surface area contributed by atoms with Crippen LogP contribution in [0.15, 0.2) is 18.2 Å².